The number of hydrogen-bond donors (Lipinski definition) is 2. The van der Waals surface area contributed by atoms with Gasteiger partial charge in [0.2, 0.25) is 0 Å². The molecule has 0 radical (unpaired) electrons. The van der Waals surface area contributed by atoms with E-state index in [1.807, 2.05) is 13.8 Å². The molecule has 4 heteroatoms. The van der Waals surface area contributed by atoms with Crippen LogP contribution in [-0.2, 0) is 0 Å². The zero-order valence-electron chi connectivity index (χ0n) is 12.4. The first kappa shape index (κ1) is 15.5. The highest BCUT2D eigenvalue weighted by Crippen LogP contribution is 2.11. The van der Waals surface area contributed by atoms with Crippen LogP contribution < -0.4 is 11.1 Å². The van der Waals surface area contributed by atoms with E-state index in [-0.39, 0.29) is 11.9 Å². The van der Waals surface area contributed by atoms with Gasteiger partial charge in [-0.05, 0) is 32.3 Å². The summed E-state index contributed by atoms with van der Waals surface area (Å²) in [5.74, 6) is 0.623. The molecule has 1 rings (SSSR count). The van der Waals surface area contributed by atoms with E-state index in [1.165, 1.54) is 6.42 Å². The fourth-order valence-corrected chi connectivity index (χ4v) is 1.99. The highest BCUT2D eigenvalue weighted by atomic mass is 16.1. The van der Waals surface area contributed by atoms with Gasteiger partial charge in [-0.3, -0.25) is 9.78 Å². The summed E-state index contributed by atoms with van der Waals surface area (Å²) in [5, 5.41) is 3.00. The van der Waals surface area contributed by atoms with Crippen molar-refractivity contribution in [3.05, 3.63) is 23.5 Å². The normalized spacial score (nSPS) is 12.5. The molecule has 1 aromatic heterocycles. The van der Waals surface area contributed by atoms with Crippen molar-refractivity contribution in [3.63, 3.8) is 0 Å². The lowest BCUT2D eigenvalue weighted by molar-refractivity contribution is 0.0937. The van der Waals surface area contributed by atoms with E-state index < -0.39 is 0 Å². The molecular weight excluding hydrogens is 238 g/mol. The van der Waals surface area contributed by atoms with E-state index in [2.05, 4.69) is 24.1 Å². The van der Waals surface area contributed by atoms with Crippen LogP contribution in [0.4, 0.5) is 5.69 Å². The molecule has 0 aliphatic rings. The monoisotopic (exact) mass is 263 g/mol. The second kappa shape index (κ2) is 7.12. The number of carbonyl (C=O) groups excluding carboxylic acids is 1. The van der Waals surface area contributed by atoms with Gasteiger partial charge < -0.3 is 11.1 Å². The maximum atomic E-state index is 12.1. The van der Waals surface area contributed by atoms with Gasteiger partial charge >= 0.3 is 0 Å². The van der Waals surface area contributed by atoms with E-state index in [0.29, 0.717) is 22.9 Å². The van der Waals surface area contributed by atoms with Gasteiger partial charge in [-0.15, -0.1) is 0 Å². The molecular formula is C15H25N3O. The maximum Gasteiger partial charge on any atom is 0.253 e. The summed E-state index contributed by atoms with van der Waals surface area (Å²) in [6.45, 7) is 8.28. The van der Waals surface area contributed by atoms with Crippen molar-refractivity contribution in [2.24, 2.45) is 5.92 Å². The number of anilines is 1. The number of aryl methyl sites for hydroxylation is 1. The zero-order valence-corrected chi connectivity index (χ0v) is 12.4. The van der Waals surface area contributed by atoms with Crippen LogP contribution >= 0.6 is 0 Å². The van der Waals surface area contributed by atoms with Crippen molar-refractivity contribution < 1.29 is 4.79 Å². The Morgan fingerprint density at radius 2 is 2.05 bits per heavy atom. The van der Waals surface area contributed by atoms with Gasteiger partial charge in [0.05, 0.1) is 23.1 Å². The molecule has 0 saturated heterocycles. The van der Waals surface area contributed by atoms with Crippen LogP contribution in [0, 0.1) is 12.8 Å². The number of rotatable bonds is 6. The minimum absolute atomic E-state index is 0.0886. The SMILES string of the molecule is Cc1ncc(N)cc1C(=O)NC(C)CCCC(C)C. The van der Waals surface area contributed by atoms with E-state index >= 15 is 0 Å². The third-order valence-corrected chi connectivity index (χ3v) is 3.15. The summed E-state index contributed by atoms with van der Waals surface area (Å²) in [4.78, 5) is 16.2. The van der Waals surface area contributed by atoms with Crippen molar-refractivity contribution >= 4 is 11.6 Å². The number of nitrogen functional groups attached to an aromatic ring is 1. The van der Waals surface area contributed by atoms with Crippen LogP contribution in [0.5, 0.6) is 0 Å². The number of pyridine rings is 1. The highest BCUT2D eigenvalue weighted by molar-refractivity contribution is 5.96. The summed E-state index contributed by atoms with van der Waals surface area (Å²) in [6.07, 6.45) is 4.89. The summed E-state index contributed by atoms with van der Waals surface area (Å²) >= 11 is 0. The number of carbonyl (C=O) groups is 1. The van der Waals surface area contributed by atoms with Gasteiger partial charge in [0, 0.05) is 6.04 Å². The van der Waals surface area contributed by atoms with Gasteiger partial charge in [0.1, 0.15) is 0 Å². The van der Waals surface area contributed by atoms with E-state index in [4.69, 9.17) is 5.73 Å². The number of nitrogens with two attached hydrogens (primary N) is 1. The number of nitrogens with zero attached hydrogens (tertiary/aromatic N) is 1. The minimum atomic E-state index is -0.0886. The van der Waals surface area contributed by atoms with Crippen molar-refractivity contribution in [1.82, 2.24) is 10.3 Å². The van der Waals surface area contributed by atoms with Gasteiger partial charge in [0.25, 0.3) is 5.91 Å². The molecule has 3 N–H and O–H groups in total. The smallest absolute Gasteiger partial charge is 0.253 e. The first-order valence-corrected chi connectivity index (χ1v) is 6.93. The van der Waals surface area contributed by atoms with Crippen LogP contribution in [0.2, 0.25) is 0 Å². The molecule has 0 spiro atoms. The van der Waals surface area contributed by atoms with Gasteiger partial charge in [-0.1, -0.05) is 26.7 Å². The molecule has 1 amide bonds. The molecule has 1 aromatic rings. The average molecular weight is 263 g/mol. The summed E-state index contributed by atoms with van der Waals surface area (Å²) in [7, 11) is 0. The quantitative estimate of drug-likeness (QED) is 0.829. The number of hydrogen-bond acceptors (Lipinski definition) is 3. The van der Waals surface area contributed by atoms with Crippen LogP contribution in [0.1, 0.15) is 56.1 Å². The summed E-state index contributed by atoms with van der Waals surface area (Å²) in [6, 6.07) is 1.85. The predicted octanol–water partition coefficient (Wildman–Crippen LogP) is 2.92. The van der Waals surface area contributed by atoms with Crippen molar-refractivity contribution in [2.75, 3.05) is 5.73 Å². The molecule has 0 saturated carbocycles. The number of amides is 1. The fraction of sp³-hybridized carbons (Fsp3) is 0.600. The first-order chi connectivity index (χ1) is 8.90. The molecule has 1 atom stereocenters. The second-order valence-electron chi connectivity index (χ2n) is 5.60. The summed E-state index contributed by atoms with van der Waals surface area (Å²) in [5.41, 5.74) is 7.46. The Morgan fingerprint density at radius 3 is 2.68 bits per heavy atom. The molecule has 1 unspecified atom stereocenters. The van der Waals surface area contributed by atoms with Gasteiger partial charge in [0.15, 0.2) is 0 Å². The molecule has 0 aliphatic heterocycles. The topological polar surface area (TPSA) is 68.0 Å². The lowest BCUT2D eigenvalue weighted by Gasteiger charge is -2.15. The van der Waals surface area contributed by atoms with Crippen LogP contribution in [0.25, 0.3) is 0 Å². The minimum Gasteiger partial charge on any atom is -0.397 e. The average Bonchev–Trinajstić information content (AvgIpc) is 2.31. The Kier molecular flexibility index (Phi) is 5.80. The number of nitrogens with one attached hydrogen (secondary N) is 1. The molecule has 19 heavy (non-hydrogen) atoms. The van der Waals surface area contributed by atoms with Crippen LogP contribution in [0.3, 0.4) is 0 Å². The number of aromatic nitrogens is 1. The fourth-order valence-electron chi connectivity index (χ4n) is 1.99. The Bertz CT molecular complexity index is 429. The molecule has 0 aliphatic carbocycles. The van der Waals surface area contributed by atoms with Crippen LogP contribution in [-0.4, -0.2) is 16.9 Å². The Balaban J connectivity index is 2.52. The largest absolute Gasteiger partial charge is 0.397 e. The summed E-state index contributed by atoms with van der Waals surface area (Å²) < 4.78 is 0. The molecule has 1 heterocycles. The van der Waals surface area contributed by atoms with Crippen molar-refractivity contribution in [1.29, 1.82) is 0 Å². The zero-order chi connectivity index (χ0) is 14.4. The van der Waals surface area contributed by atoms with Crippen molar-refractivity contribution in [3.8, 4) is 0 Å². The Hall–Kier alpha value is -1.58. The highest BCUT2D eigenvalue weighted by Gasteiger charge is 2.13. The molecule has 0 bridgehead atoms. The Labute approximate surface area is 115 Å². The molecule has 4 nitrogen and oxygen atoms in total. The van der Waals surface area contributed by atoms with Gasteiger partial charge in [-0.2, -0.15) is 0 Å². The molecule has 106 valence electrons. The van der Waals surface area contributed by atoms with Gasteiger partial charge in [-0.25, -0.2) is 0 Å². The van der Waals surface area contributed by atoms with Crippen LogP contribution in [0.15, 0.2) is 12.3 Å². The second-order valence-corrected chi connectivity index (χ2v) is 5.60. The Morgan fingerprint density at radius 1 is 1.37 bits per heavy atom. The lowest BCUT2D eigenvalue weighted by Crippen LogP contribution is -2.33. The maximum absolute atomic E-state index is 12.1. The van der Waals surface area contributed by atoms with E-state index in [9.17, 15) is 4.79 Å². The molecule has 0 aromatic carbocycles. The first-order valence-electron chi connectivity index (χ1n) is 6.93. The third-order valence-electron chi connectivity index (χ3n) is 3.15. The third kappa shape index (κ3) is 5.28. The standard InChI is InChI=1S/C15H25N3O/c1-10(2)6-5-7-11(3)18-15(19)14-8-13(16)9-17-12(14)4/h8-11H,5-7,16H2,1-4H3,(H,18,19). The van der Waals surface area contributed by atoms with E-state index in [0.717, 1.165) is 12.8 Å². The molecule has 0 fully saturated rings. The predicted molar refractivity (Wildman–Crippen MR) is 79.0 cm³/mol. The van der Waals surface area contributed by atoms with E-state index in [1.54, 1.807) is 12.3 Å². The lowest BCUT2D eigenvalue weighted by atomic mass is 10.0. The van der Waals surface area contributed by atoms with Crippen molar-refractivity contribution in [2.45, 2.75) is 53.0 Å².